The highest BCUT2D eigenvalue weighted by molar-refractivity contribution is 8.20. The first-order valence-corrected chi connectivity index (χ1v) is 11.7. The van der Waals surface area contributed by atoms with Crippen LogP contribution in [0.15, 0.2) is 92.6 Å². The predicted octanol–water partition coefficient (Wildman–Crippen LogP) is 6.18. The van der Waals surface area contributed by atoms with Gasteiger partial charge in [0, 0.05) is 18.0 Å². The number of amides is 1. The Kier molecular flexibility index (Phi) is 5.45. The summed E-state index contributed by atoms with van der Waals surface area (Å²) in [4.78, 5) is 24.0. The van der Waals surface area contributed by atoms with Gasteiger partial charge in [-0.25, -0.2) is 4.99 Å². The van der Waals surface area contributed by atoms with E-state index in [9.17, 15) is 4.79 Å². The van der Waals surface area contributed by atoms with Crippen LogP contribution in [-0.4, -0.2) is 25.2 Å². The Morgan fingerprint density at radius 3 is 2.41 bits per heavy atom. The van der Waals surface area contributed by atoms with Gasteiger partial charge in [0.1, 0.15) is 10.7 Å². The van der Waals surface area contributed by atoms with Crippen LogP contribution in [0.2, 0.25) is 0 Å². The Balaban J connectivity index is 1.59. The van der Waals surface area contributed by atoms with E-state index < -0.39 is 0 Å². The first kappa shape index (κ1) is 20.7. The number of hydrogen-bond donors (Lipinski definition) is 0. The molecular formula is C25H21N3O2S2. The molecule has 160 valence electrons. The van der Waals surface area contributed by atoms with E-state index >= 15 is 0 Å². The zero-order chi connectivity index (χ0) is 22.2. The zero-order valence-corrected chi connectivity index (χ0v) is 19.5. The number of nitrogens with zero attached hydrogens (tertiary/aromatic N) is 3. The van der Waals surface area contributed by atoms with Crippen LogP contribution in [0.5, 0.6) is 5.75 Å². The zero-order valence-electron chi connectivity index (χ0n) is 17.9. The lowest BCUT2D eigenvalue weighted by molar-refractivity contribution is -0.113. The molecule has 0 bridgehead atoms. The van der Waals surface area contributed by atoms with Crippen LogP contribution < -0.4 is 14.5 Å². The van der Waals surface area contributed by atoms with Gasteiger partial charge in [-0.1, -0.05) is 47.7 Å². The Hall–Kier alpha value is -3.16. The van der Waals surface area contributed by atoms with Crippen LogP contribution in [0.3, 0.4) is 0 Å². The molecule has 2 aliphatic rings. The van der Waals surface area contributed by atoms with E-state index in [2.05, 4.69) is 4.90 Å². The smallest absolute Gasteiger partial charge is 0.274 e. The molecule has 0 unspecified atom stereocenters. The Morgan fingerprint density at radius 2 is 1.69 bits per heavy atom. The largest absolute Gasteiger partial charge is 0.497 e. The molecule has 5 rings (SSSR count). The minimum atomic E-state index is -0.0683. The number of benzene rings is 3. The lowest BCUT2D eigenvalue weighted by Crippen LogP contribution is -2.29. The second-order valence-electron chi connectivity index (χ2n) is 7.44. The van der Waals surface area contributed by atoms with Crippen LogP contribution in [0.25, 0.3) is 0 Å². The van der Waals surface area contributed by atoms with Crippen LogP contribution in [-0.2, 0) is 4.79 Å². The molecule has 0 aromatic heterocycles. The van der Waals surface area contributed by atoms with Gasteiger partial charge in [0.15, 0.2) is 5.17 Å². The summed E-state index contributed by atoms with van der Waals surface area (Å²) in [5.41, 5.74) is 3.82. The molecule has 0 aliphatic carbocycles. The number of hydrogen-bond acceptors (Lipinski definition) is 6. The molecule has 3 aromatic rings. The van der Waals surface area contributed by atoms with Crippen molar-refractivity contribution in [3.05, 3.63) is 88.3 Å². The number of carbonyl (C=O) groups is 1. The SMILES string of the molecule is COc1ccc2c(c1)N(C)/C(=C1/SC(=Nc3ccc(C)cc3)N(c3ccccc3)C1=O)S2. The highest BCUT2D eigenvalue weighted by Gasteiger charge is 2.40. The van der Waals surface area contributed by atoms with E-state index in [4.69, 9.17) is 9.73 Å². The van der Waals surface area contributed by atoms with Gasteiger partial charge >= 0.3 is 0 Å². The summed E-state index contributed by atoms with van der Waals surface area (Å²) in [6.45, 7) is 2.05. The van der Waals surface area contributed by atoms with Crippen molar-refractivity contribution in [2.24, 2.45) is 4.99 Å². The third-order valence-electron chi connectivity index (χ3n) is 5.29. The maximum absolute atomic E-state index is 13.7. The molecular weight excluding hydrogens is 438 g/mol. The first-order chi connectivity index (χ1) is 15.5. The second kappa shape index (κ2) is 8.41. The first-order valence-electron chi connectivity index (χ1n) is 10.1. The molecule has 1 amide bonds. The molecule has 1 fully saturated rings. The van der Waals surface area contributed by atoms with E-state index in [1.807, 2.05) is 86.8 Å². The number of amidine groups is 1. The van der Waals surface area contributed by atoms with E-state index in [0.29, 0.717) is 10.1 Å². The number of carbonyl (C=O) groups excluding carboxylic acids is 1. The fourth-order valence-corrected chi connectivity index (χ4v) is 5.89. The van der Waals surface area contributed by atoms with Gasteiger partial charge in [-0.2, -0.15) is 0 Å². The van der Waals surface area contributed by atoms with E-state index in [0.717, 1.165) is 32.7 Å². The lowest BCUT2D eigenvalue weighted by Gasteiger charge is -2.17. The van der Waals surface area contributed by atoms with Crippen LogP contribution in [0.1, 0.15) is 5.56 Å². The lowest BCUT2D eigenvalue weighted by atomic mass is 10.2. The number of rotatable bonds is 3. The van der Waals surface area contributed by atoms with Crippen LogP contribution >= 0.6 is 23.5 Å². The average Bonchev–Trinajstić information content (AvgIpc) is 3.31. The van der Waals surface area contributed by atoms with Crippen molar-refractivity contribution in [3.63, 3.8) is 0 Å². The third kappa shape index (κ3) is 3.67. The molecule has 0 atom stereocenters. The number of thioether (sulfide) groups is 2. The molecule has 0 saturated carbocycles. The minimum absolute atomic E-state index is 0.0683. The second-order valence-corrected chi connectivity index (χ2v) is 9.45. The van der Waals surface area contributed by atoms with Crippen molar-refractivity contribution >= 4 is 51.7 Å². The number of methoxy groups -OCH3 is 1. The van der Waals surface area contributed by atoms with Crippen LogP contribution in [0.4, 0.5) is 17.1 Å². The maximum atomic E-state index is 13.7. The summed E-state index contributed by atoms with van der Waals surface area (Å²) >= 11 is 3.01. The summed E-state index contributed by atoms with van der Waals surface area (Å²) < 4.78 is 5.38. The molecule has 0 radical (unpaired) electrons. The molecule has 5 nitrogen and oxygen atoms in total. The standard InChI is InChI=1S/C25H21N3O2S2/c1-16-9-11-17(12-10-16)26-25-28(18-7-5-4-6-8-18)23(29)22(32-25)24-27(2)20-15-19(30-3)13-14-21(20)31-24/h4-15H,1-3H3/b24-22-,26-25?. The average molecular weight is 460 g/mol. The van der Waals surface area contributed by atoms with Crippen LogP contribution in [0, 0.1) is 6.92 Å². The summed E-state index contributed by atoms with van der Waals surface area (Å²) in [6, 6.07) is 23.6. The number of ether oxygens (including phenoxy) is 1. The van der Waals surface area contributed by atoms with Crippen molar-refractivity contribution in [3.8, 4) is 5.75 Å². The van der Waals surface area contributed by atoms with E-state index in [1.165, 1.54) is 17.3 Å². The molecule has 7 heteroatoms. The Labute approximate surface area is 195 Å². The van der Waals surface area contributed by atoms with Gasteiger partial charge in [-0.05, 0) is 55.1 Å². The highest BCUT2D eigenvalue weighted by Crippen LogP contribution is 2.51. The van der Waals surface area contributed by atoms with Crippen molar-refractivity contribution in [2.45, 2.75) is 11.8 Å². The summed E-state index contributed by atoms with van der Waals surface area (Å²) in [5, 5.41) is 1.55. The van der Waals surface area contributed by atoms with Gasteiger partial charge in [0.05, 0.1) is 29.2 Å². The fourth-order valence-electron chi connectivity index (χ4n) is 3.56. The van der Waals surface area contributed by atoms with E-state index in [-0.39, 0.29) is 5.91 Å². The van der Waals surface area contributed by atoms with E-state index in [1.54, 1.807) is 23.8 Å². The molecule has 0 spiro atoms. The normalized spacial score (nSPS) is 19.1. The number of aliphatic imine (C=N–C) groups is 1. The van der Waals surface area contributed by atoms with Gasteiger partial charge < -0.3 is 9.64 Å². The molecule has 32 heavy (non-hydrogen) atoms. The van der Waals surface area contributed by atoms with Crippen molar-refractivity contribution in [1.82, 2.24) is 0 Å². The number of aryl methyl sites for hydroxylation is 1. The number of anilines is 2. The van der Waals surface area contributed by atoms with Gasteiger partial charge in [-0.3, -0.25) is 9.69 Å². The van der Waals surface area contributed by atoms with Gasteiger partial charge in [-0.15, -0.1) is 0 Å². The quantitative estimate of drug-likeness (QED) is 0.438. The molecule has 2 aliphatic heterocycles. The van der Waals surface area contributed by atoms with Crippen molar-refractivity contribution in [1.29, 1.82) is 0 Å². The van der Waals surface area contributed by atoms with Crippen molar-refractivity contribution < 1.29 is 9.53 Å². The molecule has 2 heterocycles. The monoisotopic (exact) mass is 459 g/mol. The van der Waals surface area contributed by atoms with Gasteiger partial charge in [0.25, 0.3) is 5.91 Å². The number of para-hydroxylation sites is 1. The summed E-state index contributed by atoms with van der Waals surface area (Å²) in [5.74, 6) is 0.724. The topological polar surface area (TPSA) is 45.1 Å². The highest BCUT2D eigenvalue weighted by atomic mass is 32.2. The van der Waals surface area contributed by atoms with Gasteiger partial charge in [0.2, 0.25) is 0 Å². The third-order valence-corrected chi connectivity index (χ3v) is 7.68. The molecule has 3 aromatic carbocycles. The fraction of sp³-hybridized carbons (Fsp3) is 0.120. The maximum Gasteiger partial charge on any atom is 0.274 e. The molecule has 1 saturated heterocycles. The molecule has 0 N–H and O–H groups in total. The van der Waals surface area contributed by atoms with Crippen molar-refractivity contribution in [2.75, 3.05) is 24.0 Å². The summed E-state index contributed by atoms with van der Waals surface area (Å²) in [6.07, 6.45) is 0. The summed E-state index contributed by atoms with van der Waals surface area (Å²) in [7, 11) is 3.64. The predicted molar refractivity (Wildman–Crippen MR) is 134 cm³/mol. The Bertz CT molecular complexity index is 1250. The minimum Gasteiger partial charge on any atom is -0.497 e. The number of fused-ring (bicyclic) bond motifs is 1. The Morgan fingerprint density at radius 1 is 0.938 bits per heavy atom.